The fourth-order valence-corrected chi connectivity index (χ4v) is 3.83. The molecule has 30 heavy (non-hydrogen) atoms. The van der Waals surface area contributed by atoms with Crippen LogP contribution in [-0.2, 0) is 16.6 Å². The summed E-state index contributed by atoms with van der Waals surface area (Å²) in [6, 6.07) is 14.9. The van der Waals surface area contributed by atoms with Crippen LogP contribution >= 0.6 is 24.0 Å². The predicted octanol–water partition coefficient (Wildman–Crippen LogP) is 3.91. The number of nitrogens with one attached hydrogen (secondary N) is 2. The molecule has 0 aliphatic carbocycles. The molecule has 0 spiro atoms. The number of ether oxygens (including phenoxy) is 2. The summed E-state index contributed by atoms with van der Waals surface area (Å²) in [5.74, 6) is 1.44. The number of nitrogens with zero attached hydrogens (tertiary/aromatic N) is 1. The molecule has 0 atom stereocenters. The highest BCUT2D eigenvalue weighted by Crippen LogP contribution is 2.34. The number of para-hydroxylation sites is 1. The molecule has 2 aromatic rings. The first-order valence-electron chi connectivity index (χ1n) is 10.1. The Kier molecular flexibility index (Phi) is 9.84. The molecule has 3 rings (SSSR count). The van der Waals surface area contributed by atoms with Crippen molar-refractivity contribution in [3.05, 3.63) is 65.5 Å². The van der Waals surface area contributed by atoms with Gasteiger partial charge in [0.2, 0.25) is 0 Å². The summed E-state index contributed by atoms with van der Waals surface area (Å²) >= 11 is 0. The van der Waals surface area contributed by atoms with Crippen LogP contribution in [0.3, 0.4) is 0 Å². The van der Waals surface area contributed by atoms with E-state index in [4.69, 9.17) is 9.47 Å². The number of rotatable bonds is 7. The van der Waals surface area contributed by atoms with E-state index < -0.39 is 0 Å². The van der Waals surface area contributed by atoms with Gasteiger partial charge < -0.3 is 20.1 Å². The van der Waals surface area contributed by atoms with E-state index >= 15 is 0 Å². The average Bonchev–Trinajstić information content (AvgIpc) is 2.77. The van der Waals surface area contributed by atoms with Gasteiger partial charge in [0, 0.05) is 38.8 Å². The minimum Gasteiger partial charge on any atom is -0.496 e. The van der Waals surface area contributed by atoms with Crippen LogP contribution in [0.5, 0.6) is 5.75 Å². The van der Waals surface area contributed by atoms with Crippen LogP contribution in [0.15, 0.2) is 53.5 Å². The highest BCUT2D eigenvalue weighted by Gasteiger charge is 2.34. The summed E-state index contributed by atoms with van der Waals surface area (Å²) in [7, 11) is 3.46. The first-order chi connectivity index (χ1) is 14.2. The van der Waals surface area contributed by atoms with E-state index in [-0.39, 0.29) is 35.2 Å². The standard InChI is InChI=1S/C23H30FN3O2.HI/c1-25-22(26-14-11-18-5-3-4-6-21(18)28-2)27-17-23(12-15-29-16-13-23)19-7-9-20(24)10-8-19;/h3-10H,11-17H2,1-2H3,(H2,25,26,27);1H. The molecule has 0 aromatic heterocycles. The van der Waals surface area contributed by atoms with E-state index in [1.807, 2.05) is 30.3 Å². The van der Waals surface area contributed by atoms with Gasteiger partial charge in [-0.25, -0.2) is 4.39 Å². The zero-order valence-electron chi connectivity index (χ0n) is 17.6. The molecular formula is C23H31FIN3O2. The molecular weight excluding hydrogens is 496 g/mol. The van der Waals surface area contributed by atoms with Crippen molar-refractivity contribution >= 4 is 29.9 Å². The van der Waals surface area contributed by atoms with Crippen molar-refractivity contribution in [2.24, 2.45) is 4.99 Å². The quantitative estimate of drug-likeness (QED) is 0.326. The van der Waals surface area contributed by atoms with Crippen LogP contribution in [-0.4, -0.2) is 46.4 Å². The first kappa shape index (κ1) is 24.4. The van der Waals surface area contributed by atoms with Gasteiger partial charge in [0.05, 0.1) is 7.11 Å². The Labute approximate surface area is 195 Å². The van der Waals surface area contributed by atoms with Crippen LogP contribution in [0, 0.1) is 5.82 Å². The lowest BCUT2D eigenvalue weighted by atomic mass is 9.74. The number of guanidine groups is 1. The highest BCUT2D eigenvalue weighted by molar-refractivity contribution is 14.0. The van der Waals surface area contributed by atoms with E-state index in [1.54, 1.807) is 14.2 Å². The molecule has 1 heterocycles. The molecule has 2 aromatic carbocycles. The molecule has 164 valence electrons. The van der Waals surface area contributed by atoms with Gasteiger partial charge >= 0.3 is 0 Å². The highest BCUT2D eigenvalue weighted by atomic mass is 127. The lowest BCUT2D eigenvalue weighted by Crippen LogP contribution is -2.48. The third kappa shape index (κ3) is 6.31. The number of aliphatic imine (C=N–C) groups is 1. The Hall–Kier alpha value is -1.87. The van der Waals surface area contributed by atoms with Crippen LogP contribution in [0.1, 0.15) is 24.0 Å². The summed E-state index contributed by atoms with van der Waals surface area (Å²) in [4.78, 5) is 4.36. The molecule has 0 bridgehead atoms. The monoisotopic (exact) mass is 527 g/mol. The van der Waals surface area contributed by atoms with Gasteiger partial charge in [-0.05, 0) is 48.6 Å². The number of hydrogen-bond acceptors (Lipinski definition) is 3. The molecule has 1 aliphatic rings. The average molecular weight is 527 g/mol. The van der Waals surface area contributed by atoms with Gasteiger partial charge in [-0.2, -0.15) is 0 Å². The number of methoxy groups -OCH3 is 1. The topological polar surface area (TPSA) is 54.9 Å². The van der Waals surface area contributed by atoms with Crippen molar-refractivity contribution in [3.8, 4) is 5.75 Å². The molecule has 0 amide bonds. The van der Waals surface area contributed by atoms with Gasteiger partial charge in [-0.1, -0.05) is 30.3 Å². The molecule has 1 saturated heterocycles. The Morgan fingerprint density at radius 2 is 1.80 bits per heavy atom. The maximum Gasteiger partial charge on any atom is 0.191 e. The van der Waals surface area contributed by atoms with Gasteiger partial charge in [-0.15, -0.1) is 24.0 Å². The normalized spacial score (nSPS) is 15.8. The van der Waals surface area contributed by atoms with Gasteiger partial charge in [0.15, 0.2) is 5.96 Å². The van der Waals surface area contributed by atoms with Gasteiger partial charge in [0.25, 0.3) is 0 Å². The smallest absolute Gasteiger partial charge is 0.191 e. The van der Waals surface area contributed by atoms with Crippen molar-refractivity contribution < 1.29 is 13.9 Å². The van der Waals surface area contributed by atoms with E-state index in [0.717, 1.165) is 55.2 Å². The largest absolute Gasteiger partial charge is 0.496 e. The Balaban J connectivity index is 0.00000320. The van der Waals surface area contributed by atoms with Crippen molar-refractivity contribution in [1.29, 1.82) is 0 Å². The summed E-state index contributed by atoms with van der Waals surface area (Å²) in [5.41, 5.74) is 2.20. The lowest BCUT2D eigenvalue weighted by molar-refractivity contribution is 0.0513. The van der Waals surface area contributed by atoms with Crippen LogP contribution in [0.4, 0.5) is 4.39 Å². The molecule has 0 unspecified atom stereocenters. The molecule has 5 nitrogen and oxygen atoms in total. The zero-order chi connectivity index (χ0) is 20.5. The summed E-state index contributed by atoms with van der Waals surface area (Å²) in [6.07, 6.45) is 2.62. The van der Waals surface area contributed by atoms with Crippen LogP contribution in [0.25, 0.3) is 0 Å². The van der Waals surface area contributed by atoms with Crippen LogP contribution in [0.2, 0.25) is 0 Å². The second-order valence-electron chi connectivity index (χ2n) is 7.31. The Morgan fingerprint density at radius 1 is 1.10 bits per heavy atom. The summed E-state index contributed by atoms with van der Waals surface area (Å²) in [5, 5.41) is 6.84. The summed E-state index contributed by atoms with van der Waals surface area (Å²) in [6.45, 7) is 2.88. The van der Waals surface area contributed by atoms with Gasteiger partial charge in [-0.3, -0.25) is 4.99 Å². The summed E-state index contributed by atoms with van der Waals surface area (Å²) < 4.78 is 24.4. The first-order valence-corrected chi connectivity index (χ1v) is 10.1. The zero-order valence-corrected chi connectivity index (χ0v) is 19.9. The predicted molar refractivity (Wildman–Crippen MR) is 130 cm³/mol. The lowest BCUT2D eigenvalue weighted by Gasteiger charge is -2.38. The number of hydrogen-bond donors (Lipinski definition) is 2. The molecule has 7 heteroatoms. The Morgan fingerprint density at radius 3 is 2.47 bits per heavy atom. The third-order valence-electron chi connectivity index (χ3n) is 5.60. The maximum absolute atomic E-state index is 13.4. The van der Waals surface area contributed by atoms with Gasteiger partial charge in [0.1, 0.15) is 11.6 Å². The fourth-order valence-electron chi connectivity index (χ4n) is 3.83. The van der Waals surface area contributed by atoms with E-state index in [2.05, 4.69) is 21.7 Å². The second kappa shape index (κ2) is 12.1. The number of halogens is 2. The van der Waals surface area contributed by atoms with E-state index in [0.29, 0.717) is 13.2 Å². The molecule has 0 radical (unpaired) electrons. The minimum atomic E-state index is -0.210. The Bertz CT molecular complexity index is 808. The number of benzene rings is 2. The van der Waals surface area contributed by atoms with Crippen LogP contribution < -0.4 is 15.4 Å². The second-order valence-corrected chi connectivity index (χ2v) is 7.31. The molecule has 1 aliphatic heterocycles. The van der Waals surface area contributed by atoms with Crippen molar-refractivity contribution in [1.82, 2.24) is 10.6 Å². The third-order valence-corrected chi connectivity index (χ3v) is 5.60. The molecule has 0 saturated carbocycles. The maximum atomic E-state index is 13.4. The van der Waals surface area contributed by atoms with E-state index in [9.17, 15) is 4.39 Å². The fraction of sp³-hybridized carbons (Fsp3) is 0.435. The van der Waals surface area contributed by atoms with E-state index in [1.165, 1.54) is 12.1 Å². The minimum absolute atomic E-state index is 0. The SMILES string of the molecule is CN=C(NCCc1ccccc1OC)NCC1(c2ccc(F)cc2)CCOCC1.I. The molecule has 2 N–H and O–H groups in total. The van der Waals surface area contributed by atoms with Crippen molar-refractivity contribution in [3.63, 3.8) is 0 Å². The molecule has 1 fully saturated rings. The van der Waals surface area contributed by atoms with Crippen molar-refractivity contribution in [2.45, 2.75) is 24.7 Å². The van der Waals surface area contributed by atoms with Crippen molar-refractivity contribution in [2.75, 3.05) is 40.5 Å².